The SMILES string of the molecule is CCCCC/C(=C\S(=O)(=O)c1ccccc1)[Se]c1ccccc1. The van der Waals surface area contributed by atoms with Crippen molar-refractivity contribution in [3.8, 4) is 0 Å². The summed E-state index contributed by atoms with van der Waals surface area (Å²) in [6.07, 6.45) is 4.17. The first-order valence-corrected chi connectivity index (χ1v) is 11.1. The van der Waals surface area contributed by atoms with Crippen molar-refractivity contribution in [2.75, 3.05) is 0 Å². The van der Waals surface area contributed by atoms with Crippen molar-refractivity contribution in [3.05, 3.63) is 70.5 Å². The summed E-state index contributed by atoms with van der Waals surface area (Å²) in [5.41, 5.74) is 0. The molecule has 2 aromatic rings. The van der Waals surface area contributed by atoms with Crippen LogP contribution in [0.1, 0.15) is 32.6 Å². The molecule has 0 aliphatic rings. The van der Waals surface area contributed by atoms with Gasteiger partial charge in [-0.1, -0.05) is 0 Å². The van der Waals surface area contributed by atoms with E-state index >= 15 is 0 Å². The second-order valence-electron chi connectivity index (χ2n) is 5.31. The minimum absolute atomic E-state index is 0.0524. The molecule has 0 aliphatic heterocycles. The second-order valence-corrected chi connectivity index (χ2v) is 9.63. The Morgan fingerprint density at radius 2 is 1.57 bits per heavy atom. The van der Waals surface area contributed by atoms with E-state index in [1.165, 1.54) is 9.87 Å². The third kappa shape index (κ3) is 5.98. The summed E-state index contributed by atoms with van der Waals surface area (Å²) in [5.74, 6) is 0. The first-order valence-electron chi connectivity index (χ1n) is 7.85. The molecule has 0 N–H and O–H groups in total. The van der Waals surface area contributed by atoms with Gasteiger partial charge in [0.05, 0.1) is 0 Å². The summed E-state index contributed by atoms with van der Waals surface area (Å²) >= 11 is 0.0524. The summed E-state index contributed by atoms with van der Waals surface area (Å²) in [5, 5.41) is 1.50. The molecule has 0 saturated heterocycles. The van der Waals surface area contributed by atoms with Gasteiger partial charge in [0.2, 0.25) is 0 Å². The zero-order valence-electron chi connectivity index (χ0n) is 13.3. The molecule has 0 atom stereocenters. The zero-order chi connectivity index (χ0) is 16.5. The van der Waals surface area contributed by atoms with Crippen LogP contribution in [0.4, 0.5) is 0 Å². The van der Waals surface area contributed by atoms with Crippen LogP contribution in [0.3, 0.4) is 0 Å². The first kappa shape index (κ1) is 18.0. The third-order valence-corrected chi connectivity index (χ3v) is 7.53. The quantitative estimate of drug-likeness (QED) is 0.503. The van der Waals surface area contributed by atoms with Gasteiger partial charge in [0.25, 0.3) is 0 Å². The molecule has 0 radical (unpaired) electrons. The number of rotatable bonds is 8. The standard InChI is InChI=1S/C19H22O2SSe/c1-2-3-6-15-19(23-18-13-9-5-10-14-18)16-22(20,21)17-11-7-4-8-12-17/h4-5,7-14,16H,2-3,6,15H2,1H3/b19-16+. The van der Waals surface area contributed by atoms with Crippen molar-refractivity contribution in [2.24, 2.45) is 0 Å². The molecule has 0 bridgehead atoms. The number of unbranched alkanes of at least 4 members (excludes halogenated alkanes) is 2. The topological polar surface area (TPSA) is 34.1 Å². The third-order valence-electron chi connectivity index (χ3n) is 3.38. The van der Waals surface area contributed by atoms with Crippen molar-refractivity contribution in [1.29, 1.82) is 0 Å². The molecule has 0 fully saturated rings. The van der Waals surface area contributed by atoms with Crippen LogP contribution >= 0.6 is 0 Å². The second kappa shape index (κ2) is 9.07. The van der Waals surface area contributed by atoms with E-state index in [0.717, 1.165) is 30.2 Å². The van der Waals surface area contributed by atoms with E-state index in [-0.39, 0.29) is 15.0 Å². The van der Waals surface area contributed by atoms with Crippen molar-refractivity contribution in [2.45, 2.75) is 37.5 Å². The van der Waals surface area contributed by atoms with Crippen LogP contribution in [0, 0.1) is 0 Å². The van der Waals surface area contributed by atoms with Crippen LogP contribution in [0.5, 0.6) is 0 Å². The number of allylic oxidation sites excluding steroid dienone is 1. The fourth-order valence-electron chi connectivity index (χ4n) is 2.17. The summed E-state index contributed by atoms with van der Waals surface area (Å²) in [4.78, 5) is 0.372. The van der Waals surface area contributed by atoms with E-state index in [2.05, 4.69) is 19.1 Å². The maximum atomic E-state index is 12.6. The van der Waals surface area contributed by atoms with E-state index in [4.69, 9.17) is 0 Å². The van der Waals surface area contributed by atoms with Crippen LogP contribution in [-0.4, -0.2) is 23.4 Å². The first-order chi connectivity index (χ1) is 11.1. The van der Waals surface area contributed by atoms with Gasteiger partial charge in [-0.15, -0.1) is 0 Å². The number of sulfone groups is 1. The van der Waals surface area contributed by atoms with Crippen LogP contribution in [0.15, 0.2) is 75.4 Å². The fraction of sp³-hybridized carbons (Fsp3) is 0.263. The molecule has 23 heavy (non-hydrogen) atoms. The van der Waals surface area contributed by atoms with Gasteiger partial charge in [0.1, 0.15) is 0 Å². The van der Waals surface area contributed by atoms with Gasteiger partial charge in [-0.2, -0.15) is 0 Å². The van der Waals surface area contributed by atoms with Crippen molar-refractivity contribution >= 4 is 29.3 Å². The average Bonchev–Trinajstić information content (AvgIpc) is 2.56. The van der Waals surface area contributed by atoms with Crippen LogP contribution in [0.25, 0.3) is 0 Å². The molecule has 4 heteroatoms. The summed E-state index contributed by atoms with van der Waals surface area (Å²) in [7, 11) is -3.36. The van der Waals surface area contributed by atoms with Crippen LogP contribution in [0.2, 0.25) is 0 Å². The fourth-order valence-corrected chi connectivity index (χ4v) is 6.23. The normalized spacial score (nSPS) is 12.3. The van der Waals surface area contributed by atoms with Gasteiger partial charge in [-0.3, -0.25) is 0 Å². The number of benzene rings is 2. The average molecular weight is 393 g/mol. The molecule has 0 aliphatic carbocycles. The molecular formula is C19H22O2SSe. The van der Waals surface area contributed by atoms with Crippen molar-refractivity contribution < 1.29 is 8.42 Å². The zero-order valence-corrected chi connectivity index (χ0v) is 15.8. The Labute approximate surface area is 145 Å². The molecular weight excluding hydrogens is 371 g/mol. The Bertz CT molecular complexity index is 722. The molecule has 0 amide bonds. The van der Waals surface area contributed by atoms with Crippen molar-refractivity contribution in [3.63, 3.8) is 0 Å². The predicted molar refractivity (Wildman–Crippen MR) is 97.7 cm³/mol. The molecule has 122 valence electrons. The van der Waals surface area contributed by atoms with Crippen LogP contribution in [-0.2, 0) is 9.84 Å². The summed E-state index contributed by atoms with van der Waals surface area (Å²) in [6.45, 7) is 2.16. The van der Waals surface area contributed by atoms with E-state index < -0.39 is 9.84 Å². The van der Waals surface area contributed by atoms with Gasteiger partial charge in [0.15, 0.2) is 0 Å². The molecule has 2 rings (SSSR count). The molecule has 0 spiro atoms. The van der Waals surface area contributed by atoms with Gasteiger partial charge >= 0.3 is 146 Å². The molecule has 2 aromatic carbocycles. The number of hydrogen-bond acceptors (Lipinski definition) is 2. The predicted octanol–water partition coefficient (Wildman–Crippen LogP) is 3.91. The molecule has 0 aromatic heterocycles. The van der Waals surface area contributed by atoms with E-state index in [9.17, 15) is 8.42 Å². The Balaban J connectivity index is 2.24. The Kier molecular flexibility index (Phi) is 7.10. The molecule has 0 heterocycles. The Morgan fingerprint density at radius 1 is 0.957 bits per heavy atom. The molecule has 0 unspecified atom stereocenters. The molecule has 2 nitrogen and oxygen atoms in total. The van der Waals surface area contributed by atoms with E-state index in [1.54, 1.807) is 24.3 Å². The van der Waals surface area contributed by atoms with Crippen LogP contribution < -0.4 is 4.46 Å². The monoisotopic (exact) mass is 394 g/mol. The summed E-state index contributed by atoms with van der Waals surface area (Å²) < 4.78 is 27.5. The van der Waals surface area contributed by atoms with Gasteiger partial charge in [0, 0.05) is 0 Å². The van der Waals surface area contributed by atoms with E-state index in [0.29, 0.717) is 4.90 Å². The maximum absolute atomic E-state index is 12.6. The number of hydrogen-bond donors (Lipinski definition) is 0. The molecule has 0 saturated carbocycles. The van der Waals surface area contributed by atoms with E-state index in [1.807, 2.05) is 24.3 Å². The van der Waals surface area contributed by atoms with Gasteiger partial charge < -0.3 is 0 Å². The Hall–Kier alpha value is -1.35. The van der Waals surface area contributed by atoms with Crippen molar-refractivity contribution in [1.82, 2.24) is 0 Å². The Morgan fingerprint density at radius 3 is 2.17 bits per heavy atom. The van der Waals surface area contributed by atoms with Gasteiger partial charge in [-0.25, -0.2) is 0 Å². The minimum atomic E-state index is -3.36. The van der Waals surface area contributed by atoms with Gasteiger partial charge in [-0.05, 0) is 0 Å². The summed E-state index contributed by atoms with van der Waals surface area (Å²) in [6, 6.07) is 18.8.